The van der Waals surface area contributed by atoms with Gasteiger partial charge in [-0.3, -0.25) is 4.55 Å². The van der Waals surface area contributed by atoms with Crippen LogP contribution in [0.2, 0.25) is 0 Å². The van der Waals surface area contributed by atoms with E-state index < -0.39 is 40.0 Å². The molecule has 0 heterocycles. The van der Waals surface area contributed by atoms with Crippen molar-refractivity contribution in [2.75, 3.05) is 6.61 Å². The van der Waals surface area contributed by atoms with Crippen molar-refractivity contribution in [1.29, 1.82) is 0 Å². The van der Waals surface area contributed by atoms with E-state index in [9.17, 15) is 26.8 Å². The predicted molar refractivity (Wildman–Crippen MR) is 62.4 cm³/mol. The van der Waals surface area contributed by atoms with E-state index in [0.717, 1.165) is 6.08 Å². The molecule has 0 aromatic rings. The van der Waals surface area contributed by atoms with Gasteiger partial charge >= 0.3 is 27.3 Å². The van der Waals surface area contributed by atoms with E-state index in [-0.39, 0.29) is 12.8 Å². The lowest BCUT2D eigenvalue weighted by molar-refractivity contribution is -0.162. The Morgan fingerprint density at radius 2 is 2.00 bits per heavy atom. The van der Waals surface area contributed by atoms with Crippen LogP contribution in [0.3, 0.4) is 0 Å². The van der Waals surface area contributed by atoms with Gasteiger partial charge in [-0.2, -0.15) is 17.2 Å². The second-order valence-corrected chi connectivity index (χ2v) is 5.18. The summed E-state index contributed by atoms with van der Waals surface area (Å²) in [5, 5.41) is -5.01. The summed E-state index contributed by atoms with van der Waals surface area (Å²) in [7, 11) is -5.86. The highest BCUT2D eigenvalue weighted by Crippen LogP contribution is 2.22. The minimum Gasteiger partial charge on any atom is -0.460 e. The molecule has 0 aromatic heterocycles. The molecule has 7 nitrogen and oxygen atoms in total. The van der Waals surface area contributed by atoms with Crippen molar-refractivity contribution >= 4 is 22.1 Å². The number of esters is 2. The molecule has 1 N–H and O–H groups in total. The van der Waals surface area contributed by atoms with Crippen molar-refractivity contribution in [3.05, 3.63) is 12.7 Å². The molecule has 20 heavy (non-hydrogen) atoms. The Labute approximate surface area is 114 Å². The van der Waals surface area contributed by atoms with Gasteiger partial charge in [0.15, 0.2) is 0 Å². The van der Waals surface area contributed by atoms with E-state index in [4.69, 9.17) is 9.29 Å². The molecular weight excluding hydrogens is 302 g/mol. The molecule has 0 aliphatic heterocycles. The molecular formula is C10H14F2O7S. The molecule has 1 unspecified atom stereocenters. The van der Waals surface area contributed by atoms with Gasteiger partial charge in [0.1, 0.15) is 0 Å². The summed E-state index contributed by atoms with van der Waals surface area (Å²) in [5.74, 6) is -3.02. The number of carbonyl (C=O) groups excluding carboxylic acids is 2. The highest BCUT2D eigenvalue weighted by atomic mass is 32.2. The minimum absolute atomic E-state index is 0.0545. The van der Waals surface area contributed by atoms with Gasteiger partial charge in [-0.05, 0) is 19.8 Å². The van der Waals surface area contributed by atoms with Gasteiger partial charge < -0.3 is 9.47 Å². The summed E-state index contributed by atoms with van der Waals surface area (Å²) in [6.45, 7) is 4.19. The Kier molecular flexibility index (Phi) is 6.73. The van der Waals surface area contributed by atoms with Crippen LogP contribution in [0.5, 0.6) is 0 Å². The number of ether oxygens (including phenoxy) is 2. The fraction of sp³-hybridized carbons (Fsp3) is 0.600. The van der Waals surface area contributed by atoms with Gasteiger partial charge in [0.05, 0.1) is 12.7 Å². The highest BCUT2D eigenvalue weighted by molar-refractivity contribution is 7.87. The molecule has 1 atom stereocenters. The summed E-state index contributed by atoms with van der Waals surface area (Å²) < 4.78 is 62.8. The van der Waals surface area contributed by atoms with Gasteiger partial charge in [-0.15, -0.1) is 0 Å². The van der Waals surface area contributed by atoms with E-state index in [1.54, 1.807) is 0 Å². The molecule has 0 radical (unpaired) electrons. The SMILES string of the molecule is C=CC(=O)OC(C)CCCOC(=O)C(F)(F)S(=O)(=O)O. The monoisotopic (exact) mass is 316 g/mol. The van der Waals surface area contributed by atoms with Crippen LogP contribution in [0.15, 0.2) is 12.7 Å². The zero-order chi connectivity index (χ0) is 16.0. The largest absolute Gasteiger partial charge is 0.465 e. The average molecular weight is 316 g/mol. The number of hydrogen-bond donors (Lipinski definition) is 1. The van der Waals surface area contributed by atoms with E-state index in [0.29, 0.717) is 0 Å². The van der Waals surface area contributed by atoms with Crippen molar-refractivity contribution in [3.8, 4) is 0 Å². The lowest BCUT2D eigenvalue weighted by atomic mass is 10.2. The third kappa shape index (κ3) is 5.61. The fourth-order valence-corrected chi connectivity index (χ4v) is 1.30. The maximum absolute atomic E-state index is 12.7. The third-order valence-electron chi connectivity index (χ3n) is 2.03. The molecule has 0 aliphatic carbocycles. The third-order valence-corrected chi connectivity index (χ3v) is 2.85. The molecule has 0 aliphatic rings. The molecule has 0 saturated heterocycles. The number of hydrogen-bond acceptors (Lipinski definition) is 6. The smallest absolute Gasteiger partial charge is 0.460 e. The van der Waals surface area contributed by atoms with E-state index >= 15 is 0 Å². The van der Waals surface area contributed by atoms with Gasteiger partial charge in [0.25, 0.3) is 0 Å². The van der Waals surface area contributed by atoms with Crippen LogP contribution >= 0.6 is 0 Å². The summed E-state index contributed by atoms with van der Waals surface area (Å²) >= 11 is 0. The molecule has 0 aromatic carbocycles. The molecule has 10 heteroatoms. The van der Waals surface area contributed by atoms with Crippen LogP contribution in [-0.2, 0) is 29.2 Å². The number of rotatable bonds is 8. The van der Waals surface area contributed by atoms with E-state index in [1.807, 2.05) is 0 Å². The lowest BCUT2D eigenvalue weighted by Gasteiger charge is -2.13. The van der Waals surface area contributed by atoms with Crippen LogP contribution in [0.4, 0.5) is 8.78 Å². The Bertz CT molecular complexity index is 472. The van der Waals surface area contributed by atoms with Gasteiger partial charge in [0, 0.05) is 6.08 Å². The molecule has 116 valence electrons. The average Bonchev–Trinajstić information content (AvgIpc) is 2.32. The zero-order valence-electron chi connectivity index (χ0n) is 10.5. The Balaban J connectivity index is 4.12. The Morgan fingerprint density at radius 1 is 1.45 bits per heavy atom. The van der Waals surface area contributed by atoms with Gasteiger partial charge in [-0.1, -0.05) is 6.58 Å². The van der Waals surface area contributed by atoms with Crippen molar-refractivity contribution < 1.29 is 40.8 Å². The molecule has 0 rings (SSSR count). The van der Waals surface area contributed by atoms with Crippen LogP contribution in [0, 0.1) is 0 Å². The number of halogens is 2. The minimum atomic E-state index is -5.86. The maximum Gasteiger partial charge on any atom is 0.465 e. The molecule has 0 bridgehead atoms. The van der Waals surface area contributed by atoms with E-state index in [2.05, 4.69) is 11.3 Å². The first-order chi connectivity index (χ1) is 9.02. The first kappa shape index (κ1) is 18.4. The van der Waals surface area contributed by atoms with Crippen molar-refractivity contribution in [3.63, 3.8) is 0 Å². The normalized spacial score (nSPS) is 13.4. The second kappa shape index (κ2) is 7.29. The quantitative estimate of drug-likeness (QED) is 0.307. The first-order valence-corrected chi connectivity index (χ1v) is 6.81. The molecule has 0 saturated carbocycles. The standard InChI is InChI=1S/C10H14F2O7S/c1-3-8(13)19-7(2)5-4-6-18-9(14)10(11,12)20(15,16)17/h3,7H,1,4-6H2,2H3,(H,15,16,17). The van der Waals surface area contributed by atoms with Crippen LogP contribution < -0.4 is 0 Å². The molecule has 0 fully saturated rings. The highest BCUT2D eigenvalue weighted by Gasteiger charge is 2.54. The summed E-state index contributed by atoms with van der Waals surface area (Å²) in [4.78, 5) is 21.6. The Hall–Kier alpha value is -1.55. The summed E-state index contributed by atoms with van der Waals surface area (Å²) in [6.07, 6.45) is 0.646. The first-order valence-electron chi connectivity index (χ1n) is 5.37. The number of carbonyl (C=O) groups is 2. The molecule has 0 spiro atoms. The molecule has 0 amide bonds. The van der Waals surface area contributed by atoms with Gasteiger partial charge in [-0.25, -0.2) is 9.59 Å². The topological polar surface area (TPSA) is 107 Å². The zero-order valence-corrected chi connectivity index (χ0v) is 11.4. The fourth-order valence-electron chi connectivity index (χ4n) is 1.03. The Morgan fingerprint density at radius 3 is 2.45 bits per heavy atom. The van der Waals surface area contributed by atoms with Crippen LogP contribution in [0.1, 0.15) is 19.8 Å². The van der Waals surface area contributed by atoms with Crippen molar-refractivity contribution in [2.24, 2.45) is 0 Å². The van der Waals surface area contributed by atoms with Crippen LogP contribution in [0.25, 0.3) is 0 Å². The predicted octanol–water partition coefficient (Wildman–Crippen LogP) is 0.908. The van der Waals surface area contributed by atoms with Crippen molar-refractivity contribution in [1.82, 2.24) is 0 Å². The van der Waals surface area contributed by atoms with E-state index in [1.165, 1.54) is 6.92 Å². The summed E-state index contributed by atoms with van der Waals surface area (Å²) in [5.41, 5.74) is 0. The lowest BCUT2D eigenvalue weighted by Crippen LogP contribution is -2.39. The van der Waals surface area contributed by atoms with Gasteiger partial charge in [0.2, 0.25) is 0 Å². The van der Waals surface area contributed by atoms with Crippen molar-refractivity contribution in [2.45, 2.75) is 31.1 Å². The second-order valence-electron chi connectivity index (χ2n) is 3.72. The van der Waals surface area contributed by atoms with Crippen LogP contribution in [-0.4, -0.2) is 42.9 Å². The number of alkyl halides is 2. The summed E-state index contributed by atoms with van der Waals surface area (Å²) in [6, 6.07) is 0. The maximum atomic E-state index is 12.7.